The number of aromatic nitrogens is 2. The minimum Gasteiger partial charge on any atom is -0.444 e. The Morgan fingerprint density at radius 2 is 2.30 bits per heavy atom. The van der Waals surface area contributed by atoms with Crippen LogP contribution in [0.5, 0.6) is 0 Å². The van der Waals surface area contributed by atoms with E-state index in [1.807, 2.05) is 24.4 Å². The molecule has 0 saturated carbocycles. The van der Waals surface area contributed by atoms with Gasteiger partial charge in [-0.15, -0.1) is 22.7 Å². The molecule has 0 spiro atoms. The van der Waals surface area contributed by atoms with Crippen molar-refractivity contribution in [1.29, 1.82) is 0 Å². The van der Waals surface area contributed by atoms with Crippen molar-refractivity contribution in [3.05, 3.63) is 45.6 Å². The zero-order chi connectivity index (χ0) is 15.6. The minimum absolute atomic E-state index is 0.0612. The summed E-state index contributed by atoms with van der Waals surface area (Å²) in [6.45, 7) is 5.26. The Morgan fingerprint density at radius 3 is 3.09 bits per heavy atom. The Bertz CT molecular complexity index is 766. The molecule has 1 fully saturated rings. The molecule has 1 aliphatic rings. The van der Waals surface area contributed by atoms with Crippen molar-refractivity contribution in [2.75, 3.05) is 19.7 Å². The van der Waals surface area contributed by atoms with Gasteiger partial charge < -0.3 is 9.15 Å². The number of hydrogen-bond acceptors (Lipinski definition) is 7. The van der Waals surface area contributed by atoms with Gasteiger partial charge in [-0.3, -0.25) is 4.90 Å². The molecule has 4 rings (SSSR count). The highest BCUT2D eigenvalue weighted by atomic mass is 32.1. The molecule has 1 aliphatic heterocycles. The molecule has 0 aliphatic carbocycles. The molecule has 23 heavy (non-hydrogen) atoms. The van der Waals surface area contributed by atoms with Gasteiger partial charge in [-0.1, -0.05) is 6.07 Å². The number of aryl methyl sites for hydroxylation is 1. The predicted octanol–water partition coefficient (Wildman–Crippen LogP) is 3.74. The fraction of sp³-hybridized carbons (Fsp3) is 0.375. The predicted molar refractivity (Wildman–Crippen MR) is 90.6 cm³/mol. The molecule has 0 N–H and O–H groups in total. The van der Waals surface area contributed by atoms with Crippen molar-refractivity contribution in [1.82, 2.24) is 14.9 Å². The molecule has 3 aromatic rings. The van der Waals surface area contributed by atoms with Crippen LogP contribution in [0.1, 0.15) is 22.5 Å². The maximum absolute atomic E-state index is 5.87. The molecule has 0 bridgehead atoms. The third-order valence-electron chi connectivity index (χ3n) is 3.73. The molecule has 1 atom stereocenters. The first-order chi connectivity index (χ1) is 11.3. The second-order valence-electron chi connectivity index (χ2n) is 5.54. The molecule has 5 nitrogen and oxygen atoms in total. The summed E-state index contributed by atoms with van der Waals surface area (Å²) in [5.41, 5.74) is 2.02. The quantitative estimate of drug-likeness (QED) is 0.719. The zero-order valence-corrected chi connectivity index (χ0v) is 14.4. The lowest BCUT2D eigenvalue weighted by Crippen LogP contribution is -2.37. The highest BCUT2D eigenvalue weighted by molar-refractivity contribution is 7.13. The SMILES string of the molecule is Cc1csc([C@@H]2CN(Cc3coc(-c4cccs4)n3)CCO2)n1. The molecule has 120 valence electrons. The van der Waals surface area contributed by atoms with Gasteiger partial charge in [0.1, 0.15) is 17.4 Å². The van der Waals surface area contributed by atoms with Crippen molar-refractivity contribution in [3.8, 4) is 10.8 Å². The second kappa shape index (κ2) is 6.52. The van der Waals surface area contributed by atoms with Crippen LogP contribution < -0.4 is 0 Å². The summed E-state index contributed by atoms with van der Waals surface area (Å²) < 4.78 is 11.5. The van der Waals surface area contributed by atoms with Crippen LogP contribution in [0.4, 0.5) is 0 Å². The topological polar surface area (TPSA) is 51.4 Å². The second-order valence-corrected chi connectivity index (χ2v) is 7.38. The molecule has 0 unspecified atom stereocenters. The Labute approximate surface area is 142 Å². The monoisotopic (exact) mass is 347 g/mol. The Hall–Kier alpha value is -1.54. The molecular weight excluding hydrogens is 330 g/mol. The van der Waals surface area contributed by atoms with Gasteiger partial charge >= 0.3 is 0 Å². The van der Waals surface area contributed by atoms with E-state index < -0.39 is 0 Å². The van der Waals surface area contributed by atoms with Gasteiger partial charge in [-0.25, -0.2) is 9.97 Å². The molecule has 3 aromatic heterocycles. The molecule has 0 aromatic carbocycles. The summed E-state index contributed by atoms with van der Waals surface area (Å²) in [6.07, 6.45) is 1.82. The Balaban J connectivity index is 1.42. The normalized spacial score (nSPS) is 19.3. The largest absolute Gasteiger partial charge is 0.444 e. The van der Waals surface area contributed by atoms with Crippen LogP contribution in [-0.4, -0.2) is 34.6 Å². The number of ether oxygens (including phenoxy) is 1. The number of thiophene rings is 1. The molecule has 0 radical (unpaired) electrons. The van der Waals surface area contributed by atoms with Crippen LogP contribution in [0.15, 0.2) is 33.6 Å². The average molecular weight is 347 g/mol. The maximum Gasteiger partial charge on any atom is 0.236 e. The highest BCUT2D eigenvalue weighted by Crippen LogP contribution is 2.27. The van der Waals surface area contributed by atoms with Gasteiger partial charge in [-0.2, -0.15) is 0 Å². The summed E-state index contributed by atoms with van der Waals surface area (Å²) in [7, 11) is 0. The van der Waals surface area contributed by atoms with Gasteiger partial charge in [0.05, 0.1) is 17.2 Å². The van der Waals surface area contributed by atoms with Crippen LogP contribution >= 0.6 is 22.7 Å². The first kappa shape index (κ1) is 15.0. The first-order valence-corrected chi connectivity index (χ1v) is 9.28. The van der Waals surface area contributed by atoms with Crippen molar-refractivity contribution >= 4 is 22.7 Å². The molecule has 0 amide bonds. The summed E-state index contributed by atoms with van der Waals surface area (Å²) in [6, 6.07) is 4.03. The standard InChI is InChI=1S/C16H17N3O2S2/c1-11-10-23-16(17-11)13-8-19(4-5-20-13)7-12-9-21-15(18-12)14-3-2-6-22-14/h2-3,6,9-10,13H,4-5,7-8H2,1H3/t13-/m0/s1. The van der Waals surface area contributed by atoms with Crippen LogP contribution in [0.25, 0.3) is 10.8 Å². The van der Waals surface area contributed by atoms with Crippen molar-refractivity contribution in [2.45, 2.75) is 19.6 Å². The van der Waals surface area contributed by atoms with Crippen LogP contribution in [-0.2, 0) is 11.3 Å². The van der Waals surface area contributed by atoms with Gasteiger partial charge in [0, 0.05) is 30.7 Å². The van der Waals surface area contributed by atoms with Crippen LogP contribution in [0.2, 0.25) is 0 Å². The molecule has 1 saturated heterocycles. The van der Waals surface area contributed by atoms with Crippen molar-refractivity contribution in [2.24, 2.45) is 0 Å². The Kier molecular flexibility index (Phi) is 4.26. The van der Waals surface area contributed by atoms with E-state index in [2.05, 4.69) is 20.2 Å². The van der Waals surface area contributed by atoms with Gasteiger partial charge in [0.15, 0.2) is 0 Å². The van der Waals surface area contributed by atoms with E-state index in [9.17, 15) is 0 Å². The lowest BCUT2D eigenvalue weighted by molar-refractivity contribution is -0.0334. The smallest absolute Gasteiger partial charge is 0.236 e. The van der Waals surface area contributed by atoms with Crippen LogP contribution in [0.3, 0.4) is 0 Å². The fourth-order valence-electron chi connectivity index (χ4n) is 2.64. The number of thiazole rings is 1. The van der Waals surface area contributed by atoms with Gasteiger partial charge in [-0.05, 0) is 18.4 Å². The van der Waals surface area contributed by atoms with E-state index in [1.54, 1.807) is 28.9 Å². The van der Waals surface area contributed by atoms with E-state index in [-0.39, 0.29) is 6.10 Å². The number of hydrogen-bond donors (Lipinski definition) is 0. The van der Waals surface area contributed by atoms with Crippen molar-refractivity contribution < 1.29 is 9.15 Å². The van der Waals surface area contributed by atoms with Crippen molar-refractivity contribution in [3.63, 3.8) is 0 Å². The third-order valence-corrected chi connectivity index (χ3v) is 5.64. The summed E-state index contributed by atoms with van der Waals surface area (Å²) in [5, 5.41) is 5.16. The first-order valence-electron chi connectivity index (χ1n) is 7.52. The Morgan fingerprint density at radius 1 is 1.35 bits per heavy atom. The summed E-state index contributed by atoms with van der Waals surface area (Å²) in [5.74, 6) is 0.704. The third kappa shape index (κ3) is 3.37. The zero-order valence-electron chi connectivity index (χ0n) is 12.8. The molecule has 4 heterocycles. The van der Waals surface area contributed by atoms with E-state index in [0.29, 0.717) is 5.89 Å². The van der Waals surface area contributed by atoms with Gasteiger partial charge in [0.2, 0.25) is 5.89 Å². The highest BCUT2D eigenvalue weighted by Gasteiger charge is 2.25. The average Bonchev–Trinajstić information content (AvgIpc) is 3.28. The van der Waals surface area contributed by atoms with E-state index in [4.69, 9.17) is 9.15 Å². The molecular formula is C16H17N3O2S2. The minimum atomic E-state index is 0.0612. The summed E-state index contributed by atoms with van der Waals surface area (Å²) >= 11 is 3.31. The fourth-order valence-corrected chi connectivity index (χ4v) is 4.13. The lowest BCUT2D eigenvalue weighted by atomic mass is 10.2. The maximum atomic E-state index is 5.87. The lowest BCUT2D eigenvalue weighted by Gasteiger charge is -2.31. The number of rotatable bonds is 4. The van der Waals surface area contributed by atoms with Crippen LogP contribution in [0, 0.1) is 6.92 Å². The number of oxazole rings is 1. The van der Waals surface area contributed by atoms with E-state index >= 15 is 0 Å². The van der Waals surface area contributed by atoms with E-state index in [0.717, 1.165) is 47.5 Å². The summed E-state index contributed by atoms with van der Waals surface area (Å²) in [4.78, 5) is 12.6. The molecule has 7 heteroatoms. The number of morpholine rings is 1. The van der Waals surface area contributed by atoms with Gasteiger partial charge in [0.25, 0.3) is 0 Å². The number of nitrogens with zero attached hydrogens (tertiary/aromatic N) is 3. The van der Waals surface area contributed by atoms with E-state index in [1.165, 1.54) is 0 Å².